The molecule has 0 aliphatic carbocycles. The van der Waals surface area contributed by atoms with Crippen molar-refractivity contribution in [1.82, 2.24) is 0 Å². The lowest BCUT2D eigenvalue weighted by Crippen LogP contribution is -2.45. The number of amides is 1. The first kappa shape index (κ1) is 18.3. The average Bonchev–Trinajstić information content (AvgIpc) is 2.36. The van der Waals surface area contributed by atoms with Gasteiger partial charge in [0, 0.05) is 12.6 Å². The van der Waals surface area contributed by atoms with Crippen LogP contribution >= 0.6 is 0 Å². The summed E-state index contributed by atoms with van der Waals surface area (Å²) in [4.78, 5) is 10.9. The third-order valence-electron chi connectivity index (χ3n) is 2.68. The van der Waals surface area contributed by atoms with Gasteiger partial charge in [0.15, 0.2) is 0 Å². The highest BCUT2D eigenvalue weighted by Crippen LogP contribution is 2.48. The number of alkyl halides is 6. The standard InChI is InChI=1S/C11H10BF6NO3/c1-5(20)19-8-4-6(12(21)22)2-3-7(8)10(15,16)11(17,18)9(13)14/h2-4,9,21-22H,1H3,(H,19,20). The fourth-order valence-electron chi connectivity index (χ4n) is 1.61. The number of rotatable bonds is 5. The maximum Gasteiger partial charge on any atom is 0.488 e. The number of halogens is 6. The van der Waals surface area contributed by atoms with Crippen molar-refractivity contribution in [3.8, 4) is 0 Å². The average molecular weight is 329 g/mol. The van der Waals surface area contributed by atoms with E-state index in [1.807, 2.05) is 0 Å². The van der Waals surface area contributed by atoms with Crippen molar-refractivity contribution in [2.24, 2.45) is 0 Å². The summed E-state index contributed by atoms with van der Waals surface area (Å²) in [5, 5.41) is 19.6. The van der Waals surface area contributed by atoms with E-state index in [0.717, 1.165) is 6.92 Å². The third kappa shape index (κ3) is 3.35. The molecule has 11 heteroatoms. The number of nitrogens with one attached hydrogen (secondary N) is 1. The minimum absolute atomic E-state index is 0.316. The zero-order valence-electron chi connectivity index (χ0n) is 11.0. The van der Waals surface area contributed by atoms with Crippen LogP contribution in [0.2, 0.25) is 0 Å². The molecule has 0 aliphatic heterocycles. The quantitative estimate of drug-likeness (QED) is 0.564. The summed E-state index contributed by atoms with van der Waals surface area (Å²) < 4.78 is 78.0. The molecule has 3 N–H and O–H groups in total. The maximum absolute atomic E-state index is 13.7. The highest BCUT2D eigenvalue weighted by Gasteiger charge is 2.64. The van der Waals surface area contributed by atoms with E-state index in [1.54, 1.807) is 5.32 Å². The summed E-state index contributed by atoms with van der Waals surface area (Å²) >= 11 is 0. The lowest BCUT2D eigenvalue weighted by Gasteiger charge is -2.28. The third-order valence-corrected chi connectivity index (χ3v) is 2.68. The summed E-state index contributed by atoms with van der Waals surface area (Å²) in [5.41, 5.74) is -2.90. The van der Waals surface area contributed by atoms with Crippen LogP contribution in [-0.2, 0) is 10.7 Å². The van der Waals surface area contributed by atoms with Crippen molar-refractivity contribution < 1.29 is 41.2 Å². The van der Waals surface area contributed by atoms with Crippen molar-refractivity contribution >= 4 is 24.2 Å². The molecule has 4 nitrogen and oxygen atoms in total. The van der Waals surface area contributed by atoms with Gasteiger partial charge in [-0.15, -0.1) is 0 Å². The van der Waals surface area contributed by atoms with E-state index in [4.69, 9.17) is 10.0 Å². The zero-order chi connectivity index (χ0) is 17.3. The highest BCUT2D eigenvalue weighted by molar-refractivity contribution is 6.58. The highest BCUT2D eigenvalue weighted by atomic mass is 19.3. The molecule has 0 spiro atoms. The van der Waals surface area contributed by atoms with Gasteiger partial charge in [-0.2, -0.15) is 17.6 Å². The summed E-state index contributed by atoms with van der Waals surface area (Å²) in [6.45, 7) is 0.870. The van der Waals surface area contributed by atoms with Gasteiger partial charge >= 0.3 is 25.4 Å². The summed E-state index contributed by atoms with van der Waals surface area (Å²) in [7, 11) is -2.13. The first-order valence-electron chi connectivity index (χ1n) is 5.73. The summed E-state index contributed by atoms with van der Waals surface area (Å²) in [5.74, 6) is -11.9. The van der Waals surface area contributed by atoms with Crippen molar-refractivity contribution in [2.45, 2.75) is 25.2 Å². The van der Waals surface area contributed by atoms with Gasteiger partial charge < -0.3 is 15.4 Å². The van der Waals surface area contributed by atoms with Gasteiger partial charge in [0.25, 0.3) is 0 Å². The molecule has 122 valence electrons. The second kappa shape index (κ2) is 6.17. The molecule has 0 saturated heterocycles. The number of hydrogen-bond acceptors (Lipinski definition) is 3. The maximum atomic E-state index is 13.7. The molecule has 0 bridgehead atoms. The fourth-order valence-corrected chi connectivity index (χ4v) is 1.61. The molecule has 0 aliphatic rings. The normalized spacial score (nSPS) is 12.5. The molecule has 0 aromatic heterocycles. The van der Waals surface area contributed by atoms with Crippen molar-refractivity contribution in [3.05, 3.63) is 23.8 Å². The zero-order valence-corrected chi connectivity index (χ0v) is 11.0. The van der Waals surface area contributed by atoms with Gasteiger partial charge in [-0.3, -0.25) is 4.79 Å². The monoisotopic (exact) mass is 329 g/mol. The lowest BCUT2D eigenvalue weighted by molar-refractivity contribution is -0.270. The van der Waals surface area contributed by atoms with Gasteiger partial charge in [-0.25, -0.2) is 8.78 Å². The Bertz CT molecular complexity index is 567. The Morgan fingerprint density at radius 1 is 1.23 bits per heavy atom. The molecule has 0 heterocycles. The van der Waals surface area contributed by atoms with E-state index in [1.165, 1.54) is 0 Å². The number of carbonyl (C=O) groups excluding carboxylic acids is 1. The Hall–Kier alpha value is -1.75. The lowest BCUT2D eigenvalue weighted by atomic mass is 9.79. The van der Waals surface area contributed by atoms with E-state index in [2.05, 4.69) is 0 Å². The van der Waals surface area contributed by atoms with Crippen molar-refractivity contribution in [1.29, 1.82) is 0 Å². The van der Waals surface area contributed by atoms with E-state index in [9.17, 15) is 31.1 Å². The van der Waals surface area contributed by atoms with E-state index in [-0.39, 0.29) is 0 Å². The number of benzene rings is 1. The van der Waals surface area contributed by atoms with E-state index >= 15 is 0 Å². The van der Waals surface area contributed by atoms with Gasteiger partial charge in [0.05, 0.1) is 5.56 Å². The van der Waals surface area contributed by atoms with Crippen molar-refractivity contribution in [2.75, 3.05) is 5.32 Å². The first-order chi connectivity index (χ1) is 9.91. The summed E-state index contributed by atoms with van der Waals surface area (Å²) in [6, 6.07) is 1.54. The Balaban J connectivity index is 3.48. The minimum Gasteiger partial charge on any atom is -0.423 e. The van der Waals surface area contributed by atoms with Crippen molar-refractivity contribution in [3.63, 3.8) is 0 Å². The molecule has 1 rings (SSSR count). The molecule has 1 aromatic rings. The smallest absolute Gasteiger partial charge is 0.423 e. The number of hydrogen-bond donors (Lipinski definition) is 3. The second-order valence-electron chi connectivity index (χ2n) is 4.36. The molecule has 0 unspecified atom stereocenters. The molecule has 22 heavy (non-hydrogen) atoms. The van der Waals surface area contributed by atoms with Crippen LogP contribution in [-0.4, -0.2) is 35.4 Å². The predicted octanol–water partition coefficient (Wildman–Crippen LogP) is 1.32. The molecule has 0 radical (unpaired) electrons. The first-order valence-corrected chi connectivity index (χ1v) is 5.73. The van der Waals surface area contributed by atoms with Crippen LogP contribution in [0, 0.1) is 0 Å². The van der Waals surface area contributed by atoms with Gasteiger partial charge in [-0.1, -0.05) is 12.1 Å². The predicted molar refractivity (Wildman–Crippen MR) is 65.4 cm³/mol. The Labute approximate surface area is 120 Å². The second-order valence-corrected chi connectivity index (χ2v) is 4.36. The largest absolute Gasteiger partial charge is 0.488 e. The fraction of sp³-hybridized carbons (Fsp3) is 0.364. The molecule has 0 saturated carbocycles. The molecular formula is C11H10BF6NO3. The Morgan fingerprint density at radius 2 is 1.77 bits per heavy atom. The van der Waals surface area contributed by atoms with E-state index in [0.29, 0.717) is 18.2 Å². The molecule has 0 atom stereocenters. The molecular weight excluding hydrogens is 319 g/mol. The molecule has 1 aromatic carbocycles. The molecule has 1 amide bonds. The number of carbonyl (C=O) groups is 1. The van der Waals surface area contributed by atoms with Crippen LogP contribution in [0.25, 0.3) is 0 Å². The van der Waals surface area contributed by atoms with Crippen LogP contribution in [0.1, 0.15) is 12.5 Å². The van der Waals surface area contributed by atoms with Gasteiger partial charge in [0.1, 0.15) is 0 Å². The van der Waals surface area contributed by atoms with Crippen LogP contribution in [0.5, 0.6) is 0 Å². The Morgan fingerprint density at radius 3 is 2.18 bits per heavy atom. The van der Waals surface area contributed by atoms with Gasteiger partial charge in [0.2, 0.25) is 5.91 Å². The Kier molecular flexibility index (Phi) is 5.13. The SMILES string of the molecule is CC(=O)Nc1cc(B(O)O)ccc1C(F)(F)C(F)(F)C(F)F. The van der Waals surface area contributed by atoms with Crippen LogP contribution in [0.4, 0.5) is 32.0 Å². The van der Waals surface area contributed by atoms with Crippen LogP contribution in [0.15, 0.2) is 18.2 Å². The topological polar surface area (TPSA) is 69.6 Å². The number of anilines is 1. The summed E-state index contributed by atoms with van der Waals surface area (Å²) in [6.07, 6.45) is -4.64. The minimum atomic E-state index is -5.68. The van der Waals surface area contributed by atoms with Crippen LogP contribution in [0.3, 0.4) is 0 Å². The van der Waals surface area contributed by atoms with Crippen LogP contribution < -0.4 is 10.8 Å². The van der Waals surface area contributed by atoms with Gasteiger partial charge in [-0.05, 0) is 11.5 Å². The van der Waals surface area contributed by atoms with E-state index < -0.39 is 48.0 Å². The molecule has 0 fully saturated rings.